The molecule has 0 aromatic carbocycles. The van der Waals surface area contributed by atoms with E-state index in [9.17, 15) is 4.79 Å². The summed E-state index contributed by atoms with van der Waals surface area (Å²) in [6, 6.07) is 0. The Hall–Kier alpha value is -1.42. The first-order valence-corrected chi connectivity index (χ1v) is 5.76. The van der Waals surface area contributed by atoms with Crippen molar-refractivity contribution in [2.24, 2.45) is 0 Å². The topological polar surface area (TPSA) is 34.9 Å². The van der Waals surface area contributed by atoms with Gasteiger partial charge in [0.05, 0.1) is 6.33 Å². The smallest absolute Gasteiger partial charge is 0.214 e. The number of hydrogen-bond acceptors (Lipinski definition) is 3. The number of carbonyl (C=O) groups excluding carboxylic acids is 1. The highest BCUT2D eigenvalue weighted by molar-refractivity contribution is 7.08. The van der Waals surface area contributed by atoms with Gasteiger partial charge in [0.1, 0.15) is 5.69 Å². The number of thiophene rings is 1. The molecule has 78 valence electrons. The third-order valence-corrected chi connectivity index (χ3v) is 3.19. The van der Waals surface area contributed by atoms with E-state index in [1.807, 2.05) is 29.2 Å². The van der Waals surface area contributed by atoms with Gasteiger partial charge in [-0.2, -0.15) is 11.3 Å². The van der Waals surface area contributed by atoms with Gasteiger partial charge in [0.2, 0.25) is 5.78 Å². The molecule has 0 radical (unpaired) electrons. The molecule has 0 saturated heterocycles. The van der Waals surface area contributed by atoms with Crippen LogP contribution in [0.4, 0.5) is 0 Å². The lowest BCUT2D eigenvalue weighted by Crippen LogP contribution is -2.01. The third kappa shape index (κ3) is 1.85. The highest BCUT2D eigenvalue weighted by Crippen LogP contribution is 2.17. The molecule has 2 aromatic rings. The summed E-state index contributed by atoms with van der Waals surface area (Å²) in [7, 11) is 0. The fraction of sp³-hybridized carbons (Fsp3) is 0.273. The van der Waals surface area contributed by atoms with Gasteiger partial charge in [0.15, 0.2) is 0 Å². The molecule has 0 saturated carbocycles. The van der Waals surface area contributed by atoms with E-state index in [-0.39, 0.29) is 5.78 Å². The zero-order valence-electron chi connectivity index (χ0n) is 8.73. The van der Waals surface area contributed by atoms with E-state index in [1.54, 1.807) is 23.9 Å². The Bertz CT molecular complexity index is 484. The van der Waals surface area contributed by atoms with Gasteiger partial charge in [-0.15, -0.1) is 0 Å². The molecular weight excluding hydrogens is 208 g/mol. The third-order valence-electron chi connectivity index (χ3n) is 2.33. The molecule has 0 aliphatic rings. The molecule has 15 heavy (non-hydrogen) atoms. The monoisotopic (exact) mass is 220 g/mol. The van der Waals surface area contributed by atoms with Crippen LogP contribution in [0.15, 0.2) is 23.3 Å². The molecule has 4 heteroatoms. The summed E-state index contributed by atoms with van der Waals surface area (Å²) in [6.07, 6.45) is 3.48. The summed E-state index contributed by atoms with van der Waals surface area (Å²) in [5.74, 6) is 0.0148. The van der Waals surface area contributed by atoms with Crippen LogP contribution in [-0.2, 0) is 6.54 Å². The van der Waals surface area contributed by atoms with E-state index < -0.39 is 0 Å². The zero-order valence-corrected chi connectivity index (χ0v) is 9.54. The number of rotatable bonds is 3. The van der Waals surface area contributed by atoms with Crippen molar-refractivity contribution in [3.8, 4) is 0 Å². The zero-order chi connectivity index (χ0) is 10.8. The Morgan fingerprint density at radius 3 is 2.87 bits per heavy atom. The second-order valence-corrected chi connectivity index (χ2v) is 4.13. The molecule has 3 nitrogen and oxygen atoms in total. The Kier molecular flexibility index (Phi) is 2.68. The molecule has 0 spiro atoms. The summed E-state index contributed by atoms with van der Waals surface area (Å²) in [6.45, 7) is 4.80. The predicted octanol–water partition coefficient (Wildman–Crippen LogP) is 2.50. The van der Waals surface area contributed by atoms with E-state index in [0.717, 1.165) is 17.7 Å². The maximum atomic E-state index is 12.0. The van der Waals surface area contributed by atoms with Crippen LogP contribution in [0.2, 0.25) is 0 Å². The highest BCUT2D eigenvalue weighted by atomic mass is 32.1. The Balaban J connectivity index is 2.32. The summed E-state index contributed by atoms with van der Waals surface area (Å²) in [4.78, 5) is 16.1. The molecule has 0 amide bonds. The van der Waals surface area contributed by atoms with Crippen molar-refractivity contribution in [2.45, 2.75) is 20.4 Å². The average Bonchev–Trinajstić information content (AvgIpc) is 2.84. The van der Waals surface area contributed by atoms with Gasteiger partial charge in [-0.3, -0.25) is 4.79 Å². The van der Waals surface area contributed by atoms with Crippen LogP contribution in [0, 0.1) is 6.92 Å². The van der Waals surface area contributed by atoms with Gasteiger partial charge >= 0.3 is 0 Å². The maximum absolute atomic E-state index is 12.0. The molecule has 0 bridgehead atoms. The van der Waals surface area contributed by atoms with Crippen LogP contribution in [0.1, 0.15) is 28.5 Å². The van der Waals surface area contributed by atoms with Crippen LogP contribution in [0.25, 0.3) is 0 Å². The van der Waals surface area contributed by atoms with E-state index in [0.29, 0.717) is 5.69 Å². The van der Waals surface area contributed by atoms with Crippen molar-refractivity contribution in [3.05, 3.63) is 40.1 Å². The van der Waals surface area contributed by atoms with Crippen molar-refractivity contribution < 1.29 is 4.79 Å². The van der Waals surface area contributed by atoms with E-state index in [2.05, 4.69) is 4.98 Å². The second-order valence-electron chi connectivity index (χ2n) is 3.39. The van der Waals surface area contributed by atoms with Gasteiger partial charge < -0.3 is 4.57 Å². The first-order chi connectivity index (χ1) is 7.22. The molecular formula is C11H12N2OS. The highest BCUT2D eigenvalue weighted by Gasteiger charge is 2.14. The van der Waals surface area contributed by atoms with Crippen molar-refractivity contribution >= 4 is 17.1 Å². The SMILES string of the molecule is CCn1cnc(C(=O)c2cscc2C)c1. The van der Waals surface area contributed by atoms with Crippen LogP contribution >= 0.6 is 11.3 Å². The standard InChI is InChI=1S/C11H12N2OS/c1-3-13-4-10(12-7-13)11(14)9-6-15-5-8(9)2/h4-7H,3H2,1-2H3. The van der Waals surface area contributed by atoms with Crippen LogP contribution in [-0.4, -0.2) is 15.3 Å². The number of aryl methyl sites for hydroxylation is 2. The van der Waals surface area contributed by atoms with Gasteiger partial charge in [0, 0.05) is 23.7 Å². The molecule has 0 aliphatic carbocycles. The van der Waals surface area contributed by atoms with Crippen molar-refractivity contribution in [1.82, 2.24) is 9.55 Å². The average molecular weight is 220 g/mol. The predicted molar refractivity (Wildman–Crippen MR) is 60.4 cm³/mol. The molecule has 2 heterocycles. The minimum absolute atomic E-state index is 0.0148. The number of imidazole rings is 1. The maximum Gasteiger partial charge on any atom is 0.214 e. The minimum atomic E-state index is 0.0148. The Morgan fingerprint density at radius 1 is 1.53 bits per heavy atom. The normalized spacial score (nSPS) is 10.5. The lowest BCUT2D eigenvalue weighted by molar-refractivity contribution is 0.103. The summed E-state index contributed by atoms with van der Waals surface area (Å²) < 4.78 is 1.90. The quantitative estimate of drug-likeness (QED) is 0.745. The van der Waals surface area contributed by atoms with Crippen molar-refractivity contribution in [2.75, 3.05) is 0 Å². The molecule has 0 unspecified atom stereocenters. The van der Waals surface area contributed by atoms with Crippen LogP contribution in [0.3, 0.4) is 0 Å². The van der Waals surface area contributed by atoms with Gasteiger partial charge in [0.25, 0.3) is 0 Å². The van der Waals surface area contributed by atoms with E-state index >= 15 is 0 Å². The fourth-order valence-electron chi connectivity index (χ4n) is 1.38. The Morgan fingerprint density at radius 2 is 2.33 bits per heavy atom. The first kappa shape index (κ1) is 10.1. The van der Waals surface area contributed by atoms with Gasteiger partial charge in [-0.1, -0.05) is 0 Å². The molecule has 2 aromatic heterocycles. The molecule has 0 N–H and O–H groups in total. The van der Waals surface area contributed by atoms with Gasteiger partial charge in [-0.25, -0.2) is 4.98 Å². The summed E-state index contributed by atoms with van der Waals surface area (Å²) in [5.41, 5.74) is 2.32. The molecule has 0 atom stereocenters. The number of aromatic nitrogens is 2. The first-order valence-electron chi connectivity index (χ1n) is 4.81. The lowest BCUT2D eigenvalue weighted by Gasteiger charge is -1.95. The van der Waals surface area contributed by atoms with E-state index in [4.69, 9.17) is 0 Å². The minimum Gasteiger partial charge on any atom is -0.337 e. The molecule has 0 aliphatic heterocycles. The number of nitrogens with zero attached hydrogens (tertiary/aromatic N) is 2. The summed E-state index contributed by atoms with van der Waals surface area (Å²) in [5, 5.41) is 3.85. The number of hydrogen-bond donors (Lipinski definition) is 0. The lowest BCUT2D eigenvalue weighted by atomic mass is 10.1. The van der Waals surface area contributed by atoms with Crippen LogP contribution < -0.4 is 0 Å². The second kappa shape index (κ2) is 3.98. The van der Waals surface area contributed by atoms with Crippen molar-refractivity contribution in [1.29, 1.82) is 0 Å². The largest absolute Gasteiger partial charge is 0.337 e. The Labute approximate surface area is 92.4 Å². The summed E-state index contributed by atoms with van der Waals surface area (Å²) >= 11 is 1.55. The van der Waals surface area contributed by atoms with Gasteiger partial charge in [-0.05, 0) is 24.8 Å². The molecule has 2 rings (SSSR count). The van der Waals surface area contributed by atoms with Crippen LogP contribution in [0.5, 0.6) is 0 Å². The number of carbonyl (C=O) groups is 1. The molecule has 0 fully saturated rings. The number of ketones is 1. The van der Waals surface area contributed by atoms with Crippen molar-refractivity contribution in [3.63, 3.8) is 0 Å². The fourth-order valence-corrected chi connectivity index (χ4v) is 2.21. The van der Waals surface area contributed by atoms with E-state index in [1.165, 1.54) is 0 Å².